The number of carbonyl (C=O) groups is 3. The maximum absolute atomic E-state index is 12.6. The van der Waals surface area contributed by atoms with E-state index in [-0.39, 0.29) is 11.9 Å². The summed E-state index contributed by atoms with van der Waals surface area (Å²) in [4.78, 5) is 40.3. The number of carbonyl (C=O) groups excluding carboxylic acids is 3. The molecular weight excluding hydrogens is 426 g/mol. The molecule has 2 aromatic rings. The number of fused-ring (bicyclic) bond motifs is 2. The van der Waals surface area contributed by atoms with E-state index < -0.39 is 17.9 Å². The SMILES string of the molecule is COc1ccc(Sc2ccc(NC(=O)C(=O)N3C4CCC3C(=O)NC4)cc2Cl)cc1. The summed E-state index contributed by atoms with van der Waals surface area (Å²) in [6.45, 7) is 0.386. The molecule has 7 nitrogen and oxygen atoms in total. The van der Waals surface area contributed by atoms with E-state index in [2.05, 4.69) is 10.6 Å². The number of nitrogens with zero attached hydrogens (tertiary/aromatic N) is 1. The predicted molar refractivity (Wildman–Crippen MR) is 114 cm³/mol. The van der Waals surface area contributed by atoms with Gasteiger partial charge in [-0.05, 0) is 55.3 Å². The van der Waals surface area contributed by atoms with Gasteiger partial charge in [-0.1, -0.05) is 23.4 Å². The molecule has 0 saturated carbocycles. The summed E-state index contributed by atoms with van der Waals surface area (Å²) in [6.07, 6.45) is 1.30. The monoisotopic (exact) mass is 445 g/mol. The molecular formula is C21H20ClN3O4S. The van der Waals surface area contributed by atoms with E-state index in [9.17, 15) is 14.4 Å². The first kappa shape index (κ1) is 20.6. The Balaban J connectivity index is 1.42. The molecule has 0 spiro atoms. The van der Waals surface area contributed by atoms with E-state index >= 15 is 0 Å². The van der Waals surface area contributed by atoms with E-state index in [0.717, 1.165) is 15.5 Å². The average molecular weight is 446 g/mol. The van der Waals surface area contributed by atoms with Gasteiger partial charge in [-0.2, -0.15) is 0 Å². The van der Waals surface area contributed by atoms with Crippen molar-refractivity contribution < 1.29 is 19.1 Å². The molecule has 3 amide bonds. The van der Waals surface area contributed by atoms with Crippen LogP contribution in [0.4, 0.5) is 5.69 Å². The number of halogens is 1. The Morgan fingerprint density at radius 3 is 2.67 bits per heavy atom. The van der Waals surface area contributed by atoms with Crippen molar-refractivity contribution in [3.8, 4) is 5.75 Å². The summed E-state index contributed by atoms with van der Waals surface area (Å²) in [6, 6.07) is 12.0. The van der Waals surface area contributed by atoms with Crippen LogP contribution in [-0.4, -0.2) is 48.4 Å². The van der Waals surface area contributed by atoms with Gasteiger partial charge >= 0.3 is 11.8 Å². The number of benzene rings is 2. The number of rotatable bonds is 4. The van der Waals surface area contributed by atoms with Gasteiger partial charge in [0.25, 0.3) is 0 Å². The van der Waals surface area contributed by atoms with Gasteiger partial charge in [0.1, 0.15) is 11.8 Å². The summed E-state index contributed by atoms with van der Waals surface area (Å²) in [7, 11) is 1.61. The number of anilines is 1. The summed E-state index contributed by atoms with van der Waals surface area (Å²) in [5.74, 6) is -0.890. The second kappa shape index (κ2) is 8.57. The van der Waals surface area contributed by atoms with E-state index in [1.165, 1.54) is 16.7 Å². The third kappa shape index (κ3) is 4.11. The summed E-state index contributed by atoms with van der Waals surface area (Å²) in [5.41, 5.74) is 0.422. The fraction of sp³-hybridized carbons (Fsp3) is 0.286. The first-order chi connectivity index (χ1) is 14.5. The first-order valence-electron chi connectivity index (χ1n) is 9.49. The lowest BCUT2D eigenvalue weighted by Gasteiger charge is -2.33. The van der Waals surface area contributed by atoms with Gasteiger partial charge in [0.15, 0.2) is 0 Å². The molecule has 30 heavy (non-hydrogen) atoms. The predicted octanol–water partition coefficient (Wildman–Crippen LogP) is 2.93. The third-order valence-corrected chi connectivity index (χ3v) is 6.73. The standard InChI is InChI=1S/C21H20ClN3O4S/c1-29-14-4-6-15(7-5-14)30-18-9-2-12(10-16(18)22)24-20(27)21(28)25-13-3-8-17(25)19(26)23-11-13/h2,4-7,9-10,13,17H,3,8,11H2,1H3,(H,23,26)(H,24,27). The molecule has 0 aliphatic carbocycles. The van der Waals surface area contributed by atoms with Crippen molar-refractivity contribution in [1.29, 1.82) is 0 Å². The Morgan fingerprint density at radius 2 is 1.97 bits per heavy atom. The van der Waals surface area contributed by atoms with Crippen LogP contribution in [-0.2, 0) is 14.4 Å². The van der Waals surface area contributed by atoms with Crippen molar-refractivity contribution in [1.82, 2.24) is 10.2 Å². The van der Waals surface area contributed by atoms with Gasteiger partial charge in [-0.15, -0.1) is 0 Å². The van der Waals surface area contributed by atoms with Crippen molar-refractivity contribution in [2.45, 2.75) is 34.7 Å². The molecule has 2 aliphatic rings. The average Bonchev–Trinajstić information content (AvgIpc) is 3.08. The second-order valence-corrected chi connectivity index (χ2v) is 8.60. The van der Waals surface area contributed by atoms with Crippen molar-refractivity contribution in [3.05, 3.63) is 47.5 Å². The zero-order valence-corrected chi connectivity index (χ0v) is 17.8. The molecule has 2 fully saturated rings. The number of hydrogen-bond acceptors (Lipinski definition) is 5. The molecule has 2 N–H and O–H groups in total. The maximum atomic E-state index is 12.6. The Hall–Kier alpha value is -2.71. The topological polar surface area (TPSA) is 87.7 Å². The normalized spacial score (nSPS) is 19.9. The largest absolute Gasteiger partial charge is 0.497 e. The molecule has 156 valence electrons. The number of piperazine rings is 1. The summed E-state index contributed by atoms with van der Waals surface area (Å²) < 4.78 is 5.15. The van der Waals surface area contributed by atoms with Crippen LogP contribution in [0.15, 0.2) is 52.3 Å². The van der Waals surface area contributed by atoms with Crippen LogP contribution in [0.3, 0.4) is 0 Å². The Kier molecular flexibility index (Phi) is 5.87. The highest BCUT2D eigenvalue weighted by atomic mass is 35.5. The molecule has 9 heteroatoms. The lowest BCUT2D eigenvalue weighted by Crippen LogP contribution is -2.59. The van der Waals surface area contributed by atoms with Crippen LogP contribution in [0.25, 0.3) is 0 Å². The zero-order chi connectivity index (χ0) is 21.3. The number of hydrogen-bond donors (Lipinski definition) is 2. The van der Waals surface area contributed by atoms with Crippen molar-refractivity contribution >= 4 is 46.8 Å². The highest BCUT2D eigenvalue weighted by Gasteiger charge is 2.46. The zero-order valence-electron chi connectivity index (χ0n) is 16.2. The smallest absolute Gasteiger partial charge is 0.313 e. The minimum absolute atomic E-state index is 0.127. The Labute approximate surface area is 183 Å². The number of ether oxygens (including phenoxy) is 1. The second-order valence-electron chi connectivity index (χ2n) is 7.08. The van der Waals surface area contributed by atoms with Crippen molar-refractivity contribution in [3.63, 3.8) is 0 Å². The van der Waals surface area contributed by atoms with E-state index in [1.54, 1.807) is 25.3 Å². The van der Waals surface area contributed by atoms with Crippen LogP contribution in [0, 0.1) is 0 Å². The van der Waals surface area contributed by atoms with Crippen molar-refractivity contribution in [2.24, 2.45) is 0 Å². The van der Waals surface area contributed by atoms with Gasteiger partial charge in [0.05, 0.1) is 18.2 Å². The molecule has 2 unspecified atom stereocenters. The summed E-state index contributed by atoms with van der Waals surface area (Å²) in [5, 5.41) is 5.82. The van der Waals surface area contributed by atoms with Gasteiger partial charge in [0.2, 0.25) is 5.91 Å². The van der Waals surface area contributed by atoms with E-state index in [4.69, 9.17) is 16.3 Å². The van der Waals surface area contributed by atoms with Gasteiger partial charge < -0.3 is 20.3 Å². The first-order valence-corrected chi connectivity index (χ1v) is 10.7. The fourth-order valence-corrected chi connectivity index (χ4v) is 4.83. The van der Waals surface area contributed by atoms with Gasteiger partial charge in [-0.25, -0.2) is 0 Å². The van der Waals surface area contributed by atoms with Crippen LogP contribution in [0.1, 0.15) is 12.8 Å². The van der Waals surface area contributed by atoms with Crippen LogP contribution < -0.4 is 15.4 Å². The number of methoxy groups -OCH3 is 1. The molecule has 2 saturated heterocycles. The van der Waals surface area contributed by atoms with E-state index in [0.29, 0.717) is 30.1 Å². The van der Waals surface area contributed by atoms with E-state index in [1.807, 2.05) is 24.3 Å². The van der Waals surface area contributed by atoms with Gasteiger partial charge in [0, 0.05) is 22.0 Å². The van der Waals surface area contributed by atoms with Crippen LogP contribution >= 0.6 is 23.4 Å². The molecule has 2 aromatic carbocycles. The molecule has 2 atom stereocenters. The quantitative estimate of drug-likeness (QED) is 0.706. The van der Waals surface area contributed by atoms with Crippen LogP contribution in [0.5, 0.6) is 5.75 Å². The Morgan fingerprint density at radius 1 is 1.20 bits per heavy atom. The van der Waals surface area contributed by atoms with Gasteiger partial charge in [-0.3, -0.25) is 14.4 Å². The fourth-order valence-electron chi connectivity index (χ4n) is 3.72. The molecule has 2 heterocycles. The molecule has 4 rings (SSSR count). The summed E-state index contributed by atoms with van der Waals surface area (Å²) >= 11 is 7.86. The highest BCUT2D eigenvalue weighted by molar-refractivity contribution is 7.99. The van der Waals surface area contributed by atoms with Crippen LogP contribution in [0.2, 0.25) is 5.02 Å². The minimum Gasteiger partial charge on any atom is -0.497 e. The highest BCUT2D eigenvalue weighted by Crippen LogP contribution is 2.35. The molecule has 0 radical (unpaired) electrons. The number of amides is 3. The minimum atomic E-state index is -0.770. The Bertz CT molecular complexity index is 998. The molecule has 2 aliphatic heterocycles. The molecule has 0 aromatic heterocycles. The lowest BCUT2D eigenvalue weighted by molar-refractivity contribution is -0.149. The number of nitrogens with one attached hydrogen (secondary N) is 2. The lowest BCUT2D eigenvalue weighted by atomic mass is 10.2. The van der Waals surface area contributed by atoms with Crippen molar-refractivity contribution in [2.75, 3.05) is 19.0 Å². The maximum Gasteiger partial charge on any atom is 0.313 e. The third-order valence-electron chi connectivity index (χ3n) is 5.22. The molecule has 2 bridgehead atoms.